The van der Waals surface area contributed by atoms with Crippen molar-refractivity contribution in [1.29, 1.82) is 0 Å². The van der Waals surface area contributed by atoms with Gasteiger partial charge in [0.05, 0.1) is 19.0 Å². The molecule has 0 saturated heterocycles. The zero-order valence-electron chi connectivity index (χ0n) is 15.2. The van der Waals surface area contributed by atoms with E-state index in [4.69, 9.17) is 9.47 Å². The molecule has 142 valence electrons. The summed E-state index contributed by atoms with van der Waals surface area (Å²) in [6, 6.07) is 17.1. The highest BCUT2D eigenvalue weighted by Crippen LogP contribution is 2.25. The summed E-state index contributed by atoms with van der Waals surface area (Å²) < 4.78 is 10.7. The van der Waals surface area contributed by atoms with E-state index in [1.807, 2.05) is 6.07 Å². The van der Waals surface area contributed by atoms with E-state index in [-0.39, 0.29) is 18.4 Å². The molecule has 7 heteroatoms. The first kappa shape index (κ1) is 18.9. The number of aromatic nitrogens is 1. The van der Waals surface area contributed by atoms with Crippen LogP contribution in [0.15, 0.2) is 73.1 Å². The smallest absolute Gasteiger partial charge is 0.262 e. The van der Waals surface area contributed by atoms with E-state index >= 15 is 0 Å². The number of nitrogens with one attached hydrogen (secondary N) is 2. The molecule has 0 aliphatic carbocycles. The number of carbonyl (C=O) groups excluding carboxylic acids is 2. The molecule has 2 N–H and O–H groups in total. The average Bonchev–Trinajstić information content (AvgIpc) is 2.73. The fourth-order valence-corrected chi connectivity index (χ4v) is 2.42. The van der Waals surface area contributed by atoms with Crippen LogP contribution in [0.1, 0.15) is 10.4 Å². The van der Waals surface area contributed by atoms with Crippen molar-refractivity contribution in [3.63, 3.8) is 0 Å². The number of para-hydroxylation sites is 2. The van der Waals surface area contributed by atoms with Crippen LogP contribution in [0.2, 0.25) is 0 Å². The number of carbonyl (C=O) groups is 2. The monoisotopic (exact) mass is 377 g/mol. The summed E-state index contributed by atoms with van der Waals surface area (Å²) in [5.74, 6) is 0.464. The van der Waals surface area contributed by atoms with Crippen LogP contribution in [-0.2, 0) is 4.79 Å². The lowest BCUT2D eigenvalue weighted by molar-refractivity contribution is -0.118. The van der Waals surface area contributed by atoms with Gasteiger partial charge in [0.2, 0.25) is 0 Å². The maximum absolute atomic E-state index is 12.2. The van der Waals surface area contributed by atoms with E-state index in [0.29, 0.717) is 28.4 Å². The molecule has 0 aliphatic rings. The number of nitrogens with zero attached hydrogens (tertiary/aromatic N) is 1. The molecule has 3 aromatic rings. The molecule has 0 radical (unpaired) electrons. The van der Waals surface area contributed by atoms with Crippen LogP contribution in [0.3, 0.4) is 0 Å². The summed E-state index contributed by atoms with van der Waals surface area (Å²) in [4.78, 5) is 28.2. The largest absolute Gasteiger partial charge is 0.493 e. The zero-order valence-corrected chi connectivity index (χ0v) is 15.2. The van der Waals surface area contributed by atoms with Crippen LogP contribution in [-0.4, -0.2) is 30.5 Å². The molecule has 28 heavy (non-hydrogen) atoms. The Morgan fingerprint density at radius 2 is 1.64 bits per heavy atom. The molecule has 0 aliphatic heterocycles. The second kappa shape index (κ2) is 9.18. The molecule has 1 heterocycles. The van der Waals surface area contributed by atoms with Gasteiger partial charge >= 0.3 is 0 Å². The molecule has 2 amide bonds. The van der Waals surface area contributed by atoms with Gasteiger partial charge in [-0.05, 0) is 48.5 Å². The van der Waals surface area contributed by atoms with Crippen molar-refractivity contribution < 1.29 is 19.1 Å². The first-order valence-electron chi connectivity index (χ1n) is 8.53. The fraction of sp³-hybridized carbons (Fsp3) is 0.0952. The normalized spacial score (nSPS) is 10.0. The van der Waals surface area contributed by atoms with Crippen molar-refractivity contribution in [2.45, 2.75) is 0 Å². The summed E-state index contributed by atoms with van der Waals surface area (Å²) in [5, 5.41) is 5.47. The number of methoxy groups -OCH3 is 1. The third-order valence-electron chi connectivity index (χ3n) is 3.78. The van der Waals surface area contributed by atoms with E-state index in [0.717, 1.165) is 0 Å². The Balaban J connectivity index is 1.53. The van der Waals surface area contributed by atoms with Gasteiger partial charge in [-0.3, -0.25) is 14.6 Å². The minimum Gasteiger partial charge on any atom is -0.493 e. The molecule has 0 spiro atoms. The second-order valence-electron chi connectivity index (χ2n) is 5.76. The van der Waals surface area contributed by atoms with Crippen LogP contribution in [0.5, 0.6) is 11.5 Å². The molecule has 0 bridgehead atoms. The van der Waals surface area contributed by atoms with E-state index in [2.05, 4.69) is 15.6 Å². The molecule has 3 rings (SSSR count). The molecule has 1 aromatic heterocycles. The fourth-order valence-electron chi connectivity index (χ4n) is 2.42. The van der Waals surface area contributed by atoms with Crippen LogP contribution in [0, 0.1) is 0 Å². The van der Waals surface area contributed by atoms with Crippen molar-refractivity contribution in [1.82, 2.24) is 4.98 Å². The van der Waals surface area contributed by atoms with E-state index < -0.39 is 0 Å². The highest BCUT2D eigenvalue weighted by molar-refractivity contribution is 6.04. The molecule has 2 aromatic carbocycles. The van der Waals surface area contributed by atoms with E-state index in [1.165, 1.54) is 7.11 Å². The first-order chi connectivity index (χ1) is 13.7. The molecule has 0 atom stereocenters. The maximum atomic E-state index is 12.2. The van der Waals surface area contributed by atoms with Crippen LogP contribution >= 0.6 is 0 Å². The van der Waals surface area contributed by atoms with Gasteiger partial charge in [-0.2, -0.15) is 0 Å². The second-order valence-corrected chi connectivity index (χ2v) is 5.76. The number of rotatable bonds is 7. The molecular weight excluding hydrogens is 358 g/mol. The third-order valence-corrected chi connectivity index (χ3v) is 3.78. The number of hydrogen-bond donors (Lipinski definition) is 2. The number of pyridine rings is 1. The lowest BCUT2D eigenvalue weighted by atomic mass is 10.2. The molecule has 0 fully saturated rings. The number of anilines is 2. The number of amides is 2. The minimum atomic E-state index is -0.321. The van der Waals surface area contributed by atoms with E-state index in [9.17, 15) is 9.59 Å². The predicted octanol–water partition coefficient (Wildman–Crippen LogP) is 3.36. The van der Waals surface area contributed by atoms with Crippen molar-refractivity contribution in [3.05, 3.63) is 78.6 Å². The van der Waals surface area contributed by atoms with Crippen molar-refractivity contribution in [3.8, 4) is 11.5 Å². The number of hydrogen-bond acceptors (Lipinski definition) is 5. The summed E-state index contributed by atoms with van der Waals surface area (Å²) in [5.41, 5.74) is 1.64. The van der Waals surface area contributed by atoms with E-state index in [1.54, 1.807) is 67.0 Å². The number of ether oxygens (including phenoxy) is 2. The third kappa shape index (κ3) is 5.07. The predicted molar refractivity (Wildman–Crippen MR) is 106 cm³/mol. The van der Waals surface area contributed by atoms with Gasteiger partial charge in [0.1, 0.15) is 0 Å². The summed E-state index contributed by atoms with van der Waals surface area (Å²) >= 11 is 0. The summed E-state index contributed by atoms with van der Waals surface area (Å²) in [6.07, 6.45) is 3.19. The van der Waals surface area contributed by atoms with Gasteiger partial charge in [-0.25, -0.2) is 0 Å². The highest BCUT2D eigenvalue weighted by Gasteiger charge is 2.09. The van der Waals surface area contributed by atoms with Gasteiger partial charge < -0.3 is 20.1 Å². The quantitative estimate of drug-likeness (QED) is 0.659. The van der Waals surface area contributed by atoms with Crippen molar-refractivity contribution in [2.24, 2.45) is 0 Å². The van der Waals surface area contributed by atoms with Gasteiger partial charge in [-0.15, -0.1) is 0 Å². The zero-order chi connectivity index (χ0) is 19.8. The summed E-state index contributed by atoms with van der Waals surface area (Å²) in [7, 11) is 1.54. The van der Waals surface area contributed by atoms with Gasteiger partial charge in [0, 0.05) is 17.4 Å². The Bertz CT molecular complexity index is 943. The van der Waals surface area contributed by atoms with Crippen LogP contribution in [0.4, 0.5) is 11.4 Å². The van der Waals surface area contributed by atoms with Gasteiger partial charge in [0.25, 0.3) is 11.8 Å². The summed E-state index contributed by atoms with van der Waals surface area (Å²) in [6.45, 7) is -0.163. The molecule has 7 nitrogen and oxygen atoms in total. The van der Waals surface area contributed by atoms with Gasteiger partial charge in [0.15, 0.2) is 18.1 Å². The Kier molecular flexibility index (Phi) is 6.20. The Morgan fingerprint density at radius 1 is 0.893 bits per heavy atom. The Hall–Kier alpha value is -3.87. The highest BCUT2D eigenvalue weighted by atomic mass is 16.5. The lowest BCUT2D eigenvalue weighted by Gasteiger charge is -2.11. The lowest BCUT2D eigenvalue weighted by Crippen LogP contribution is -2.20. The minimum absolute atomic E-state index is 0.163. The molecule has 0 unspecified atom stereocenters. The average molecular weight is 377 g/mol. The molecular formula is C21H19N3O4. The Morgan fingerprint density at radius 3 is 2.32 bits per heavy atom. The maximum Gasteiger partial charge on any atom is 0.262 e. The molecule has 0 saturated carbocycles. The SMILES string of the molecule is COc1ccccc1OCC(=O)Nc1ccc(C(=O)Nc2cccnc2)cc1. The standard InChI is InChI=1S/C21H19N3O4/c1-27-18-6-2-3-7-19(18)28-14-20(25)23-16-10-8-15(9-11-16)21(26)24-17-5-4-12-22-13-17/h2-13H,14H2,1H3,(H,23,25)(H,24,26). The van der Waals surface area contributed by atoms with Gasteiger partial charge in [-0.1, -0.05) is 12.1 Å². The number of benzene rings is 2. The Labute approximate surface area is 162 Å². The van der Waals surface area contributed by atoms with Crippen molar-refractivity contribution in [2.75, 3.05) is 24.4 Å². The van der Waals surface area contributed by atoms with Crippen LogP contribution in [0.25, 0.3) is 0 Å². The first-order valence-corrected chi connectivity index (χ1v) is 8.53. The van der Waals surface area contributed by atoms with Crippen molar-refractivity contribution >= 4 is 23.2 Å². The van der Waals surface area contributed by atoms with Crippen LogP contribution < -0.4 is 20.1 Å². The topological polar surface area (TPSA) is 89.5 Å².